The molecular formula is C13H22ClN3OS. The van der Waals surface area contributed by atoms with E-state index in [9.17, 15) is 4.79 Å². The van der Waals surface area contributed by atoms with Gasteiger partial charge in [-0.2, -0.15) is 0 Å². The van der Waals surface area contributed by atoms with E-state index < -0.39 is 0 Å². The number of nitrogens with zero attached hydrogens (tertiary/aromatic N) is 3. The van der Waals surface area contributed by atoms with E-state index in [1.807, 2.05) is 11.8 Å². The van der Waals surface area contributed by atoms with Crippen LogP contribution in [-0.2, 0) is 11.3 Å². The summed E-state index contributed by atoms with van der Waals surface area (Å²) in [5.74, 6) is 0.308. The molecule has 1 aromatic rings. The zero-order valence-electron chi connectivity index (χ0n) is 11.6. The molecule has 1 amide bonds. The highest BCUT2D eigenvalue weighted by molar-refractivity contribution is 7.09. The Morgan fingerprint density at radius 1 is 1.37 bits per heavy atom. The van der Waals surface area contributed by atoms with E-state index in [0.29, 0.717) is 12.3 Å². The number of carbonyl (C=O) groups excluding carboxylic acids is 1. The third-order valence-electron chi connectivity index (χ3n) is 3.21. The molecule has 0 aliphatic carbocycles. The summed E-state index contributed by atoms with van der Waals surface area (Å²) in [5, 5.41) is 3.27. The van der Waals surface area contributed by atoms with Crippen LogP contribution in [0.3, 0.4) is 0 Å². The van der Waals surface area contributed by atoms with Crippen LogP contribution in [0.5, 0.6) is 0 Å². The standard InChI is InChI=1S/C13H21N3OS.ClH/c1-3-4-13(17)16-7-5-15(6-8-16)9-12-14-11(2)10-18-12;/h10H,3-9H2,1-2H3;1H. The van der Waals surface area contributed by atoms with Crippen molar-refractivity contribution in [3.63, 3.8) is 0 Å². The number of aryl methyl sites for hydroxylation is 1. The van der Waals surface area contributed by atoms with E-state index >= 15 is 0 Å². The predicted octanol–water partition coefficient (Wildman–Crippen LogP) is 2.32. The quantitative estimate of drug-likeness (QED) is 0.856. The van der Waals surface area contributed by atoms with Crippen molar-refractivity contribution in [1.82, 2.24) is 14.8 Å². The lowest BCUT2D eigenvalue weighted by Crippen LogP contribution is -2.48. The summed E-state index contributed by atoms with van der Waals surface area (Å²) in [4.78, 5) is 20.6. The lowest BCUT2D eigenvalue weighted by Gasteiger charge is -2.34. The van der Waals surface area contributed by atoms with E-state index in [4.69, 9.17) is 0 Å². The normalized spacial score (nSPS) is 16.2. The molecule has 2 rings (SSSR count). The number of hydrogen-bond donors (Lipinski definition) is 0. The number of thiazole rings is 1. The second-order valence-electron chi connectivity index (χ2n) is 4.79. The van der Waals surface area contributed by atoms with E-state index in [2.05, 4.69) is 22.2 Å². The molecule has 1 aromatic heterocycles. The van der Waals surface area contributed by atoms with Gasteiger partial charge in [-0.05, 0) is 13.3 Å². The smallest absolute Gasteiger partial charge is 0.222 e. The molecule has 0 unspecified atom stereocenters. The Hall–Kier alpha value is -0.650. The van der Waals surface area contributed by atoms with Crippen molar-refractivity contribution in [1.29, 1.82) is 0 Å². The first-order chi connectivity index (χ1) is 8.69. The van der Waals surface area contributed by atoms with Gasteiger partial charge >= 0.3 is 0 Å². The van der Waals surface area contributed by atoms with Crippen LogP contribution in [0.4, 0.5) is 0 Å². The molecule has 2 heterocycles. The minimum atomic E-state index is 0. The van der Waals surface area contributed by atoms with Gasteiger partial charge in [0.05, 0.1) is 6.54 Å². The molecule has 1 aliphatic rings. The lowest BCUT2D eigenvalue weighted by molar-refractivity contribution is -0.133. The molecule has 0 radical (unpaired) electrons. The zero-order valence-corrected chi connectivity index (χ0v) is 13.2. The molecule has 0 saturated carbocycles. The van der Waals surface area contributed by atoms with Crippen molar-refractivity contribution in [3.05, 3.63) is 16.1 Å². The first-order valence-electron chi connectivity index (χ1n) is 6.60. The molecule has 4 nitrogen and oxygen atoms in total. The number of amides is 1. The van der Waals surface area contributed by atoms with Crippen LogP contribution in [0, 0.1) is 6.92 Å². The first kappa shape index (κ1) is 16.4. The number of rotatable bonds is 4. The molecule has 108 valence electrons. The van der Waals surface area contributed by atoms with Crippen LogP contribution < -0.4 is 0 Å². The van der Waals surface area contributed by atoms with E-state index in [1.165, 1.54) is 5.01 Å². The molecule has 0 N–H and O–H groups in total. The van der Waals surface area contributed by atoms with Crippen molar-refractivity contribution in [3.8, 4) is 0 Å². The van der Waals surface area contributed by atoms with Crippen molar-refractivity contribution in [2.24, 2.45) is 0 Å². The van der Waals surface area contributed by atoms with Gasteiger partial charge in [-0.3, -0.25) is 9.69 Å². The summed E-state index contributed by atoms with van der Waals surface area (Å²) in [5.41, 5.74) is 1.10. The van der Waals surface area contributed by atoms with Crippen molar-refractivity contribution >= 4 is 29.7 Å². The Balaban J connectivity index is 0.00000180. The van der Waals surface area contributed by atoms with Gasteiger partial charge in [-0.15, -0.1) is 23.7 Å². The molecule has 0 atom stereocenters. The Bertz CT molecular complexity index is 402. The summed E-state index contributed by atoms with van der Waals surface area (Å²) < 4.78 is 0. The fraction of sp³-hybridized carbons (Fsp3) is 0.692. The molecule has 6 heteroatoms. The van der Waals surface area contributed by atoms with Gasteiger partial charge in [0.15, 0.2) is 0 Å². The van der Waals surface area contributed by atoms with Gasteiger partial charge in [-0.1, -0.05) is 6.92 Å². The third kappa shape index (κ3) is 4.75. The fourth-order valence-corrected chi connectivity index (χ4v) is 3.01. The van der Waals surface area contributed by atoms with Gasteiger partial charge in [-0.25, -0.2) is 4.98 Å². The molecular weight excluding hydrogens is 282 g/mol. The number of aromatic nitrogens is 1. The number of halogens is 1. The third-order valence-corrected chi connectivity index (χ3v) is 4.17. The first-order valence-corrected chi connectivity index (χ1v) is 7.48. The second kappa shape index (κ2) is 7.82. The van der Waals surface area contributed by atoms with Crippen LogP contribution in [0.1, 0.15) is 30.5 Å². The minimum absolute atomic E-state index is 0. The Kier molecular flexibility index (Phi) is 6.75. The fourth-order valence-electron chi connectivity index (χ4n) is 2.19. The molecule has 19 heavy (non-hydrogen) atoms. The Labute approximate surface area is 125 Å². The lowest BCUT2D eigenvalue weighted by atomic mass is 10.2. The molecule has 0 spiro atoms. The van der Waals surface area contributed by atoms with Crippen LogP contribution in [0.15, 0.2) is 5.38 Å². The second-order valence-corrected chi connectivity index (χ2v) is 5.73. The van der Waals surface area contributed by atoms with Gasteiger partial charge in [0.25, 0.3) is 0 Å². The summed E-state index contributed by atoms with van der Waals surface area (Å²) >= 11 is 1.73. The van der Waals surface area contributed by atoms with E-state index in [-0.39, 0.29) is 12.4 Å². The van der Waals surface area contributed by atoms with Crippen LogP contribution in [0.2, 0.25) is 0 Å². The molecule has 1 aliphatic heterocycles. The van der Waals surface area contributed by atoms with Gasteiger partial charge in [0, 0.05) is 43.7 Å². The highest BCUT2D eigenvalue weighted by atomic mass is 35.5. The largest absolute Gasteiger partial charge is 0.340 e. The molecule has 0 bridgehead atoms. The monoisotopic (exact) mass is 303 g/mol. The Morgan fingerprint density at radius 2 is 2.05 bits per heavy atom. The van der Waals surface area contributed by atoms with Crippen LogP contribution in [-0.4, -0.2) is 46.9 Å². The van der Waals surface area contributed by atoms with Crippen LogP contribution in [0.25, 0.3) is 0 Å². The maximum Gasteiger partial charge on any atom is 0.222 e. The summed E-state index contributed by atoms with van der Waals surface area (Å²) in [6.45, 7) is 8.67. The van der Waals surface area contributed by atoms with Crippen molar-refractivity contribution in [2.45, 2.75) is 33.2 Å². The number of piperazine rings is 1. The number of hydrogen-bond acceptors (Lipinski definition) is 4. The maximum absolute atomic E-state index is 11.8. The SMILES string of the molecule is CCCC(=O)N1CCN(Cc2nc(C)cs2)CC1.Cl. The van der Waals surface area contributed by atoms with Crippen LogP contribution >= 0.6 is 23.7 Å². The van der Waals surface area contributed by atoms with Gasteiger partial charge in [0.1, 0.15) is 5.01 Å². The average molecular weight is 304 g/mol. The summed E-state index contributed by atoms with van der Waals surface area (Å²) in [7, 11) is 0. The average Bonchev–Trinajstić information content (AvgIpc) is 2.76. The maximum atomic E-state index is 11.8. The zero-order chi connectivity index (χ0) is 13.0. The van der Waals surface area contributed by atoms with Gasteiger partial charge in [0.2, 0.25) is 5.91 Å². The summed E-state index contributed by atoms with van der Waals surface area (Å²) in [6, 6.07) is 0. The molecule has 1 fully saturated rings. The number of carbonyl (C=O) groups is 1. The van der Waals surface area contributed by atoms with E-state index in [0.717, 1.165) is 44.8 Å². The predicted molar refractivity (Wildman–Crippen MR) is 80.9 cm³/mol. The molecule has 0 aromatic carbocycles. The van der Waals surface area contributed by atoms with Crippen molar-refractivity contribution < 1.29 is 4.79 Å². The van der Waals surface area contributed by atoms with Crippen molar-refractivity contribution in [2.75, 3.05) is 26.2 Å². The molecule has 1 saturated heterocycles. The van der Waals surface area contributed by atoms with Gasteiger partial charge < -0.3 is 4.90 Å². The topological polar surface area (TPSA) is 36.4 Å². The highest BCUT2D eigenvalue weighted by Crippen LogP contribution is 2.13. The summed E-state index contributed by atoms with van der Waals surface area (Å²) in [6.07, 6.45) is 1.63. The highest BCUT2D eigenvalue weighted by Gasteiger charge is 2.20. The van der Waals surface area contributed by atoms with E-state index in [1.54, 1.807) is 11.3 Å². The minimum Gasteiger partial charge on any atom is -0.340 e. The Morgan fingerprint density at radius 3 is 2.58 bits per heavy atom.